The molecule has 0 aromatic heterocycles. The SMILES string of the molecule is C=C=C(C)C[C@@H](C)CC[C@@H]1O[C@@H](CC(c2ccccc2)C(O)CC2O[C@H]3[C@@H](O[Si](c4ccccc4)(c4ccccc4)C(C)(C)C)[C@H]4O[C@@H](CCO)CC[C@@H]4O[C@H]3[C@H]2O[Si](c2ccccc2)(c2ccccc2)C(C)(C)C)CC1=C. The molecule has 13 atom stereocenters. The van der Waals surface area contributed by atoms with Crippen LogP contribution in [0.1, 0.15) is 125 Å². The van der Waals surface area contributed by atoms with E-state index in [2.05, 4.69) is 220 Å². The lowest BCUT2D eigenvalue weighted by molar-refractivity contribution is -0.255. The summed E-state index contributed by atoms with van der Waals surface area (Å²) in [5.74, 6) is 0.204. The maximum atomic E-state index is 13.3. The number of allylic oxidation sites excluding steroid dienone is 1. The molecule has 0 aliphatic carbocycles. The van der Waals surface area contributed by atoms with E-state index >= 15 is 0 Å². The quantitative estimate of drug-likeness (QED) is 0.0426. The minimum atomic E-state index is -3.29. The summed E-state index contributed by atoms with van der Waals surface area (Å²) in [5.41, 5.74) is 6.43. The predicted molar refractivity (Wildman–Crippen MR) is 320 cm³/mol. The summed E-state index contributed by atoms with van der Waals surface area (Å²) in [6, 6.07) is 53.6. The maximum Gasteiger partial charge on any atom is 0.261 e. The fourth-order valence-corrected chi connectivity index (χ4v) is 23.1. The van der Waals surface area contributed by atoms with Gasteiger partial charge in [0.25, 0.3) is 16.6 Å². The van der Waals surface area contributed by atoms with Crippen molar-refractivity contribution in [3.8, 4) is 0 Å². The van der Waals surface area contributed by atoms with Gasteiger partial charge in [-0.25, -0.2) is 0 Å². The molecule has 0 spiro atoms. The lowest BCUT2D eigenvalue weighted by atomic mass is 9.84. The summed E-state index contributed by atoms with van der Waals surface area (Å²) in [6.45, 7) is 26.7. The molecule has 0 radical (unpaired) electrons. The van der Waals surface area contributed by atoms with Gasteiger partial charge in [0, 0.05) is 18.9 Å². The second-order valence-corrected chi connectivity index (χ2v) is 33.6. The molecule has 2 N–H and O–H groups in total. The summed E-state index contributed by atoms with van der Waals surface area (Å²) >= 11 is 0. The summed E-state index contributed by atoms with van der Waals surface area (Å²) < 4.78 is 46.1. The molecule has 8 nitrogen and oxygen atoms in total. The average Bonchev–Trinajstić information content (AvgIpc) is 3.99. The van der Waals surface area contributed by atoms with Gasteiger partial charge < -0.3 is 38.0 Å². The van der Waals surface area contributed by atoms with E-state index in [9.17, 15) is 10.2 Å². The molecule has 78 heavy (non-hydrogen) atoms. The first-order chi connectivity index (χ1) is 37.5. The van der Waals surface area contributed by atoms with Crippen LogP contribution in [0.2, 0.25) is 10.1 Å². The Bertz CT molecular complexity index is 2660. The Hall–Kier alpha value is -4.53. The average molecular weight is 1090 g/mol. The van der Waals surface area contributed by atoms with Gasteiger partial charge in [-0.15, -0.1) is 5.73 Å². The van der Waals surface area contributed by atoms with E-state index in [0.717, 1.165) is 70.4 Å². The van der Waals surface area contributed by atoms with Gasteiger partial charge in [-0.3, -0.25) is 0 Å². The van der Waals surface area contributed by atoms with Crippen LogP contribution in [0.25, 0.3) is 0 Å². The second kappa shape index (κ2) is 25.1. The van der Waals surface area contributed by atoms with E-state index < -0.39 is 59.4 Å². The third-order valence-electron chi connectivity index (χ3n) is 17.6. The minimum absolute atomic E-state index is 0.0240. The highest BCUT2D eigenvalue weighted by molar-refractivity contribution is 7.00. The Balaban J connectivity index is 1.15. The van der Waals surface area contributed by atoms with Crippen molar-refractivity contribution in [1.29, 1.82) is 0 Å². The molecule has 0 saturated carbocycles. The Morgan fingerprint density at radius 3 is 1.60 bits per heavy atom. The molecule has 0 bridgehead atoms. The van der Waals surface area contributed by atoms with Gasteiger partial charge in [0.2, 0.25) is 0 Å². The Morgan fingerprint density at radius 2 is 1.12 bits per heavy atom. The molecule has 0 amide bonds. The molecule has 5 aromatic rings. The summed E-state index contributed by atoms with van der Waals surface area (Å²) in [6.07, 6.45) is 1.44. The zero-order chi connectivity index (χ0) is 55.2. The van der Waals surface area contributed by atoms with Crippen LogP contribution < -0.4 is 20.7 Å². The van der Waals surface area contributed by atoms with Crippen molar-refractivity contribution >= 4 is 37.4 Å². The molecule has 4 aliphatic rings. The maximum absolute atomic E-state index is 13.3. The van der Waals surface area contributed by atoms with Crippen LogP contribution in [0.3, 0.4) is 0 Å². The van der Waals surface area contributed by atoms with E-state index in [1.807, 2.05) is 6.07 Å². The molecule has 10 heteroatoms. The van der Waals surface area contributed by atoms with Gasteiger partial charge in [-0.2, -0.15) is 0 Å². The van der Waals surface area contributed by atoms with E-state index in [4.69, 9.17) is 27.8 Å². The van der Waals surface area contributed by atoms with Crippen LogP contribution in [-0.4, -0.2) is 101 Å². The van der Waals surface area contributed by atoms with Crippen molar-refractivity contribution in [3.63, 3.8) is 0 Å². The first kappa shape index (κ1) is 58.1. The number of aliphatic hydroxyl groups is 2. The number of benzene rings is 5. The molecule has 9 rings (SSSR count). The van der Waals surface area contributed by atoms with Crippen LogP contribution in [0.15, 0.2) is 182 Å². The van der Waals surface area contributed by atoms with Gasteiger partial charge in [0.1, 0.15) is 30.5 Å². The number of rotatable bonds is 21. The molecule has 5 aromatic carbocycles. The summed E-state index contributed by atoms with van der Waals surface area (Å²) in [5, 5.41) is 27.5. The topological polar surface area (TPSA) is 95.8 Å². The molecular formula is C68H88O8Si2. The highest BCUT2D eigenvalue weighted by Gasteiger charge is 2.64. The molecular weight excluding hydrogens is 1000 g/mol. The lowest BCUT2D eigenvalue weighted by Gasteiger charge is -2.53. The van der Waals surface area contributed by atoms with Gasteiger partial charge in [-0.1, -0.05) is 213 Å². The van der Waals surface area contributed by atoms with Crippen molar-refractivity contribution in [2.45, 2.75) is 196 Å². The zero-order valence-electron chi connectivity index (χ0n) is 47.8. The van der Waals surface area contributed by atoms with Gasteiger partial charge in [0.15, 0.2) is 0 Å². The number of fused-ring (bicyclic) bond motifs is 2. The lowest BCUT2D eigenvalue weighted by Crippen LogP contribution is -2.73. The van der Waals surface area contributed by atoms with E-state index in [1.165, 1.54) is 5.57 Å². The van der Waals surface area contributed by atoms with Crippen molar-refractivity contribution in [3.05, 3.63) is 187 Å². The summed E-state index contributed by atoms with van der Waals surface area (Å²) in [7, 11) is -6.55. The third kappa shape index (κ3) is 12.2. The zero-order valence-corrected chi connectivity index (χ0v) is 49.8. The van der Waals surface area contributed by atoms with Crippen LogP contribution in [0, 0.1) is 5.92 Å². The highest BCUT2D eigenvalue weighted by Crippen LogP contribution is 2.49. The first-order valence-electron chi connectivity index (χ1n) is 29.0. The van der Waals surface area contributed by atoms with Crippen LogP contribution in [0.5, 0.6) is 0 Å². The molecule has 4 fully saturated rings. The third-order valence-corrected chi connectivity index (χ3v) is 27.6. The highest BCUT2D eigenvalue weighted by atomic mass is 28.4. The van der Waals surface area contributed by atoms with Gasteiger partial charge in [-0.05, 0) is 112 Å². The predicted octanol–water partition coefficient (Wildman–Crippen LogP) is 11.5. The largest absolute Gasteiger partial charge is 0.399 e. The Morgan fingerprint density at radius 1 is 0.628 bits per heavy atom. The van der Waals surface area contributed by atoms with Gasteiger partial charge >= 0.3 is 0 Å². The van der Waals surface area contributed by atoms with Crippen molar-refractivity contribution < 1.29 is 38.0 Å². The second-order valence-electron chi connectivity index (χ2n) is 25.1. The number of aliphatic hydroxyl groups excluding tert-OH is 2. The van der Waals surface area contributed by atoms with Crippen LogP contribution >= 0.6 is 0 Å². The Kier molecular flexibility index (Phi) is 18.7. The standard InChI is InChI=1S/C68H88O8Si2/c1-11-47(2)43-48(3)37-39-59-49(4)44-52(71-59)45-57(50-27-17-12-18-28-50)58(70)46-61-63(75-77(67(5,6)7,53-29-19-13-20-30-53)54-31-21-14-22-32-54)64-65(74-61)66(62-60(73-64)40-38-51(72-62)41-42-69)76-78(68(8,9)10,55-33-23-15-24-34-55)56-35-25-16-26-36-56/h12-36,48,51-52,57-66,69-70H,1,4,37-46H2,2-3,5-10H3/t48-,51+,52+,57?,58?,59-,60-,61?,62-,63-,64-,65+,66-/m0/s1. The number of hydrogen-bond donors (Lipinski definition) is 2. The normalized spacial score (nSPS) is 26.8. The molecule has 3 unspecified atom stereocenters. The van der Waals surface area contributed by atoms with Crippen molar-refractivity contribution in [1.82, 2.24) is 0 Å². The molecule has 4 aliphatic heterocycles. The van der Waals surface area contributed by atoms with Gasteiger partial charge in [0.05, 0.1) is 36.6 Å². The smallest absolute Gasteiger partial charge is 0.261 e. The van der Waals surface area contributed by atoms with Crippen molar-refractivity contribution in [2.24, 2.45) is 5.92 Å². The first-order valence-corrected chi connectivity index (χ1v) is 32.9. The minimum Gasteiger partial charge on any atom is -0.399 e. The van der Waals surface area contributed by atoms with E-state index in [0.29, 0.717) is 18.8 Å². The monoisotopic (exact) mass is 1090 g/mol. The fourth-order valence-electron chi connectivity index (χ4n) is 13.7. The van der Waals surface area contributed by atoms with E-state index in [-0.39, 0.29) is 53.4 Å². The number of ether oxygens (including phenoxy) is 4. The van der Waals surface area contributed by atoms with Crippen LogP contribution in [-0.2, 0) is 27.8 Å². The molecule has 4 heterocycles. The number of hydrogen-bond acceptors (Lipinski definition) is 8. The van der Waals surface area contributed by atoms with Crippen molar-refractivity contribution in [2.75, 3.05) is 6.61 Å². The molecule has 4 saturated heterocycles. The fraction of sp³-hybridized carbons (Fsp3) is 0.485. The molecule has 416 valence electrons. The van der Waals surface area contributed by atoms with E-state index in [1.54, 1.807) is 0 Å². The van der Waals surface area contributed by atoms with Crippen LogP contribution in [0.4, 0.5) is 0 Å². The summed E-state index contributed by atoms with van der Waals surface area (Å²) in [4.78, 5) is 0. The Labute approximate surface area is 469 Å².